The van der Waals surface area contributed by atoms with Gasteiger partial charge in [-0.15, -0.1) is 0 Å². The first kappa shape index (κ1) is 11.0. The van der Waals surface area contributed by atoms with Crippen LogP contribution < -0.4 is 5.73 Å². The van der Waals surface area contributed by atoms with Crippen LogP contribution in [-0.4, -0.2) is 14.9 Å². The number of aliphatic hydroxyl groups is 1. The van der Waals surface area contributed by atoms with Crippen LogP contribution in [0.1, 0.15) is 17.2 Å². The van der Waals surface area contributed by atoms with Gasteiger partial charge in [0.1, 0.15) is 11.9 Å². The molecule has 5 heteroatoms. The predicted molar refractivity (Wildman–Crippen MR) is 63.1 cm³/mol. The largest absolute Gasteiger partial charge is 0.384 e. The van der Waals surface area contributed by atoms with Crippen molar-refractivity contribution < 1.29 is 5.11 Å². The molecule has 0 saturated heterocycles. The normalized spacial score (nSPS) is 12.7. The Balaban J connectivity index is 2.39. The minimum absolute atomic E-state index is 0.451. The summed E-state index contributed by atoms with van der Waals surface area (Å²) < 4.78 is 1.52. The van der Waals surface area contributed by atoms with E-state index in [1.165, 1.54) is 4.68 Å². The Hall–Kier alpha value is -1.52. The van der Waals surface area contributed by atoms with Crippen molar-refractivity contribution in [3.05, 3.63) is 46.6 Å². The molecule has 16 heavy (non-hydrogen) atoms. The number of aromatic nitrogens is 2. The minimum atomic E-state index is -0.799. The van der Waals surface area contributed by atoms with E-state index < -0.39 is 6.10 Å². The van der Waals surface area contributed by atoms with Gasteiger partial charge in [0.15, 0.2) is 0 Å². The lowest BCUT2D eigenvalue weighted by Gasteiger charge is -2.10. The summed E-state index contributed by atoms with van der Waals surface area (Å²) in [6, 6.07) is 7.04. The summed E-state index contributed by atoms with van der Waals surface area (Å²) in [6.07, 6.45) is 0.758. The van der Waals surface area contributed by atoms with Gasteiger partial charge in [0, 0.05) is 17.6 Å². The highest BCUT2D eigenvalue weighted by atomic mass is 35.5. The van der Waals surface area contributed by atoms with Gasteiger partial charge in [0.05, 0.1) is 6.20 Å². The molecule has 0 aliphatic heterocycles. The summed E-state index contributed by atoms with van der Waals surface area (Å²) in [5.74, 6) is 0.451. The molecule has 1 heterocycles. The van der Waals surface area contributed by atoms with Crippen molar-refractivity contribution >= 4 is 17.4 Å². The van der Waals surface area contributed by atoms with Gasteiger partial charge in [0.25, 0.3) is 0 Å². The number of hydrogen-bond acceptors (Lipinski definition) is 3. The fourth-order valence-corrected chi connectivity index (χ4v) is 1.73. The van der Waals surface area contributed by atoms with Crippen LogP contribution >= 0.6 is 11.6 Å². The summed E-state index contributed by atoms with van der Waals surface area (Å²) in [5.41, 5.74) is 7.08. The summed E-state index contributed by atoms with van der Waals surface area (Å²) in [4.78, 5) is 0. The van der Waals surface area contributed by atoms with Crippen molar-refractivity contribution in [1.82, 2.24) is 9.78 Å². The van der Waals surface area contributed by atoms with Gasteiger partial charge in [-0.25, -0.2) is 0 Å². The number of nitrogens with zero attached hydrogens (tertiary/aromatic N) is 2. The lowest BCUT2D eigenvalue weighted by atomic mass is 10.0. The topological polar surface area (TPSA) is 64.1 Å². The quantitative estimate of drug-likeness (QED) is 0.836. The number of aliphatic hydroxyl groups excluding tert-OH is 1. The summed E-state index contributed by atoms with van der Waals surface area (Å²) in [6.45, 7) is 0. The number of nitrogens with two attached hydrogens (primary N) is 1. The Morgan fingerprint density at radius 1 is 1.50 bits per heavy atom. The van der Waals surface area contributed by atoms with Gasteiger partial charge in [-0.1, -0.05) is 23.7 Å². The predicted octanol–water partition coefficient (Wildman–Crippen LogP) is 1.74. The SMILES string of the molecule is Cn1ncc(C(O)c2cccc(Cl)c2)c1N. The van der Waals surface area contributed by atoms with Crippen molar-refractivity contribution in [2.45, 2.75) is 6.10 Å². The van der Waals surface area contributed by atoms with Gasteiger partial charge in [0.2, 0.25) is 0 Å². The molecule has 1 aromatic heterocycles. The molecule has 0 aliphatic rings. The van der Waals surface area contributed by atoms with Crippen LogP contribution in [-0.2, 0) is 7.05 Å². The number of nitrogen functional groups attached to an aromatic ring is 1. The van der Waals surface area contributed by atoms with E-state index in [0.717, 1.165) is 0 Å². The van der Waals surface area contributed by atoms with Crippen LogP contribution in [0.3, 0.4) is 0 Å². The minimum Gasteiger partial charge on any atom is -0.384 e. The van der Waals surface area contributed by atoms with E-state index in [-0.39, 0.29) is 0 Å². The first-order chi connectivity index (χ1) is 7.59. The summed E-state index contributed by atoms with van der Waals surface area (Å²) in [7, 11) is 1.73. The van der Waals surface area contributed by atoms with E-state index in [9.17, 15) is 5.11 Å². The second-order valence-electron chi connectivity index (χ2n) is 3.57. The molecule has 0 fully saturated rings. The van der Waals surface area contributed by atoms with Crippen LogP contribution in [0.5, 0.6) is 0 Å². The molecular formula is C11H12ClN3O. The number of halogens is 1. The molecule has 2 rings (SSSR count). The highest BCUT2D eigenvalue weighted by molar-refractivity contribution is 6.30. The molecule has 0 radical (unpaired) electrons. The van der Waals surface area contributed by atoms with Crippen molar-refractivity contribution in [3.8, 4) is 0 Å². The summed E-state index contributed by atoms with van der Waals surface area (Å²) >= 11 is 5.86. The van der Waals surface area contributed by atoms with Crippen molar-refractivity contribution in [1.29, 1.82) is 0 Å². The Morgan fingerprint density at radius 2 is 2.25 bits per heavy atom. The molecule has 1 aromatic carbocycles. The second kappa shape index (κ2) is 4.15. The van der Waals surface area contributed by atoms with Gasteiger partial charge >= 0.3 is 0 Å². The maximum absolute atomic E-state index is 10.1. The third-order valence-corrected chi connectivity index (χ3v) is 2.71. The lowest BCUT2D eigenvalue weighted by Crippen LogP contribution is -2.04. The van der Waals surface area contributed by atoms with Crippen LogP contribution in [0.4, 0.5) is 5.82 Å². The molecule has 0 aliphatic carbocycles. The maximum Gasteiger partial charge on any atom is 0.127 e. The van der Waals surface area contributed by atoms with Crippen LogP contribution in [0, 0.1) is 0 Å². The Labute approximate surface area is 98.3 Å². The molecule has 0 amide bonds. The molecule has 2 aromatic rings. The first-order valence-corrected chi connectivity index (χ1v) is 5.18. The van der Waals surface area contributed by atoms with Crippen molar-refractivity contribution in [3.63, 3.8) is 0 Å². The van der Waals surface area contributed by atoms with Gasteiger partial charge < -0.3 is 10.8 Å². The first-order valence-electron chi connectivity index (χ1n) is 4.80. The van der Waals surface area contributed by atoms with E-state index in [2.05, 4.69) is 5.10 Å². The van der Waals surface area contributed by atoms with Crippen LogP contribution in [0.15, 0.2) is 30.5 Å². The Kier molecular flexibility index (Phi) is 2.85. The Bertz CT molecular complexity index is 510. The van der Waals surface area contributed by atoms with E-state index in [0.29, 0.717) is 22.0 Å². The average molecular weight is 238 g/mol. The molecule has 1 unspecified atom stereocenters. The van der Waals surface area contributed by atoms with E-state index in [1.807, 2.05) is 0 Å². The monoisotopic (exact) mass is 237 g/mol. The number of rotatable bonds is 2. The number of hydrogen-bond donors (Lipinski definition) is 2. The third-order valence-electron chi connectivity index (χ3n) is 2.47. The van der Waals surface area contributed by atoms with Crippen molar-refractivity contribution in [2.75, 3.05) is 5.73 Å². The molecule has 3 N–H and O–H groups in total. The number of anilines is 1. The van der Waals surface area contributed by atoms with E-state index in [4.69, 9.17) is 17.3 Å². The average Bonchev–Trinajstić information content (AvgIpc) is 2.59. The molecule has 0 spiro atoms. The molecule has 84 valence electrons. The van der Waals surface area contributed by atoms with Crippen LogP contribution in [0.2, 0.25) is 5.02 Å². The van der Waals surface area contributed by atoms with Gasteiger partial charge in [-0.3, -0.25) is 4.68 Å². The highest BCUT2D eigenvalue weighted by Gasteiger charge is 2.16. The maximum atomic E-state index is 10.1. The molecule has 1 atom stereocenters. The van der Waals surface area contributed by atoms with Crippen molar-refractivity contribution in [2.24, 2.45) is 7.05 Å². The summed E-state index contributed by atoms with van der Waals surface area (Å²) in [5, 5.41) is 14.7. The highest BCUT2D eigenvalue weighted by Crippen LogP contribution is 2.27. The third kappa shape index (κ3) is 1.89. The second-order valence-corrected chi connectivity index (χ2v) is 4.00. The zero-order valence-corrected chi connectivity index (χ0v) is 9.52. The van der Waals surface area contributed by atoms with Gasteiger partial charge in [-0.05, 0) is 17.7 Å². The lowest BCUT2D eigenvalue weighted by molar-refractivity contribution is 0.221. The number of aryl methyl sites for hydroxylation is 1. The molecular weight excluding hydrogens is 226 g/mol. The van der Waals surface area contributed by atoms with E-state index >= 15 is 0 Å². The zero-order valence-electron chi connectivity index (χ0n) is 8.76. The molecule has 0 saturated carbocycles. The standard InChI is InChI=1S/C11H12ClN3O/c1-15-11(13)9(6-14-15)10(16)7-3-2-4-8(12)5-7/h2-6,10,16H,13H2,1H3. The number of benzene rings is 1. The smallest absolute Gasteiger partial charge is 0.127 e. The Morgan fingerprint density at radius 3 is 2.81 bits per heavy atom. The molecule has 0 bridgehead atoms. The van der Waals surface area contributed by atoms with E-state index in [1.54, 1.807) is 37.5 Å². The fraction of sp³-hybridized carbons (Fsp3) is 0.182. The molecule has 4 nitrogen and oxygen atoms in total. The van der Waals surface area contributed by atoms with Crippen LogP contribution in [0.25, 0.3) is 0 Å². The van der Waals surface area contributed by atoms with Gasteiger partial charge in [-0.2, -0.15) is 5.10 Å². The zero-order chi connectivity index (χ0) is 11.7. The fourth-order valence-electron chi connectivity index (χ4n) is 1.53.